The number of halogens is 1. The topological polar surface area (TPSA) is 18.5 Å². The maximum absolute atomic E-state index is 6.47. The van der Waals surface area contributed by atoms with Gasteiger partial charge in [-0.3, -0.25) is 0 Å². The van der Waals surface area contributed by atoms with Gasteiger partial charge in [-0.2, -0.15) is 0 Å². The van der Waals surface area contributed by atoms with Crippen molar-refractivity contribution in [2.75, 3.05) is 0 Å². The molecule has 1 aliphatic heterocycles. The molecule has 0 aromatic heterocycles. The fourth-order valence-electron chi connectivity index (χ4n) is 4.03. The van der Waals surface area contributed by atoms with E-state index in [9.17, 15) is 0 Å². The summed E-state index contributed by atoms with van der Waals surface area (Å²) in [7, 11) is 0. The summed E-state index contributed by atoms with van der Waals surface area (Å²) >= 11 is 6.47. The van der Waals surface area contributed by atoms with E-state index in [0.29, 0.717) is 0 Å². The predicted molar refractivity (Wildman–Crippen MR) is 87.5 cm³/mol. The highest BCUT2D eigenvalue weighted by Crippen LogP contribution is 2.57. The molecule has 1 spiro atoms. The molecule has 0 saturated carbocycles. The molecule has 2 aliphatic carbocycles. The van der Waals surface area contributed by atoms with E-state index in [4.69, 9.17) is 27.5 Å². The second-order valence-electron chi connectivity index (χ2n) is 6.69. The molecule has 114 valence electrons. The van der Waals surface area contributed by atoms with Gasteiger partial charge in [0.05, 0.1) is 17.6 Å². The van der Waals surface area contributed by atoms with Crippen LogP contribution in [0.15, 0.2) is 24.3 Å². The van der Waals surface area contributed by atoms with Crippen molar-refractivity contribution in [3.63, 3.8) is 0 Å². The van der Waals surface area contributed by atoms with E-state index < -0.39 is 5.79 Å². The molecule has 3 heteroatoms. The highest BCUT2D eigenvalue weighted by molar-refractivity contribution is 6.32. The molecule has 2 nitrogen and oxygen atoms in total. The molecule has 4 rings (SSSR count). The summed E-state index contributed by atoms with van der Waals surface area (Å²) in [5.41, 5.74) is 3.16. The standard InChI is InChI=1S/C19H19ClO2/c1-4-18-8-9-19(21-12(2)13(3)22-19)11-15(18)17-14(10-18)6-5-7-16(17)20/h1,5-7,11-13H,8-10H2,2-3H3. The summed E-state index contributed by atoms with van der Waals surface area (Å²) in [6.07, 6.45) is 10.7. The molecular weight excluding hydrogens is 296 g/mol. The molecule has 0 amide bonds. The van der Waals surface area contributed by atoms with Crippen molar-refractivity contribution in [3.05, 3.63) is 40.4 Å². The van der Waals surface area contributed by atoms with E-state index in [1.165, 1.54) is 5.56 Å². The summed E-state index contributed by atoms with van der Waals surface area (Å²) in [6, 6.07) is 6.04. The third-order valence-corrected chi connectivity index (χ3v) is 5.66. The number of hydrogen-bond acceptors (Lipinski definition) is 2. The smallest absolute Gasteiger partial charge is 0.189 e. The molecule has 3 aliphatic rings. The average Bonchev–Trinajstić information content (AvgIpc) is 2.96. The molecular formula is C19H19ClO2. The predicted octanol–water partition coefficient (Wildman–Crippen LogP) is 4.21. The first-order chi connectivity index (χ1) is 10.5. The molecule has 3 unspecified atom stereocenters. The van der Waals surface area contributed by atoms with Crippen molar-refractivity contribution in [3.8, 4) is 12.3 Å². The van der Waals surface area contributed by atoms with E-state index in [1.54, 1.807) is 0 Å². The fraction of sp³-hybridized carbons (Fsp3) is 0.474. The van der Waals surface area contributed by atoms with Crippen molar-refractivity contribution in [1.82, 2.24) is 0 Å². The fourth-order valence-corrected chi connectivity index (χ4v) is 4.32. The maximum Gasteiger partial charge on any atom is 0.189 e. The Morgan fingerprint density at radius 2 is 1.95 bits per heavy atom. The van der Waals surface area contributed by atoms with Crippen LogP contribution in [0.25, 0.3) is 5.57 Å². The molecule has 1 aromatic rings. The van der Waals surface area contributed by atoms with Gasteiger partial charge in [0.15, 0.2) is 5.79 Å². The Morgan fingerprint density at radius 1 is 1.23 bits per heavy atom. The van der Waals surface area contributed by atoms with E-state index in [-0.39, 0.29) is 17.6 Å². The highest BCUT2D eigenvalue weighted by Gasteiger charge is 2.52. The lowest BCUT2D eigenvalue weighted by molar-refractivity contribution is -0.144. The van der Waals surface area contributed by atoms with Crippen molar-refractivity contribution in [2.45, 2.75) is 51.1 Å². The monoisotopic (exact) mass is 314 g/mol. The van der Waals surface area contributed by atoms with Gasteiger partial charge < -0.3 is 9.47 Å². The highest BCUT2D eigenvalue weighted by atomic mass is 35.5. The van der Waals surface area contributed by atoms with Crippen molar-refractivity contribution in [1.29, 1.82) is 0 Å². The van der Waals surface area contributed by atoms with Crippen LogP contribution < -0.4 is 0 Å². The van der Waals surface area contributed by atoms with Gasteiger partial charge in [-0.15, -0.1) is 6.42 Å². The van der Waals surface area contributed by atoms with E-state index in [0.717, 1.165) is 35.4 Å². The quantitative estimate of drug-likeness (QED) is 0.668. The second-order valence-corrected chi connectivity index (χ2v) is 7.10. The first kappa shape index (κ1) is 14.3. The Labute approximate surface area is 136 Å². The zero-order chi connectivity index (χ0) is 15.5. The van der Waals surface area contributed by atoms with Gasteiger partial charge in [0, 0.05) is 17.0 Å². The summed E-state index contributed by atoms with van der Waals surface area (Å²) in [5.74, 6) is 2.40. The third kappa shape index (κ3) is 1.83. The minimum absolute atomic E-state index is 0.0855. The van der Waals surface area contributed by atoms with Crippen LogP contribution in [0.5, 0.6) is 0 Å². The molecule has 1 heterocycles. The van der Waals surface area contributed by atoms with E-state index in [1.807, 2.05) is 12.1 Å². The zero-order valence-electron chi connectivity index (χ0n) is 12.9. The SMILES string of the molecule is C#CC12CCC3(C=C1c1c(Cl)cccc1C2)OC(C)C(C)O3. The molecule has 0 radical (unpaired) electrons. The normalized spacial score (nSPS) is 39.3. The van der Waals surface area contributed by atoms with Gasteiger partial charge in [-0.1, -0.05) is 29.7 Å². The van der Waals surface area contributed by atoms with Gasteiger partial charge >= 0.3 is 0 Å². The minimum atomic E-state index is -0.644. The molecule has 1 aromatic carbocycles. The maximum atomic E-state index is 6.47. The number of hydrogen-bond donors (Lipinski definition) is 0. The Hall–Kier alpha value is -1.27. The minimum Gasteiger partial charge on any atom is -0.341 e. The Morgan fingerprint density at radius 3 is 2.64 bits per heavy atom. The Bertz CT molecular complexity index is 705. The van der Waals surface area contributed by atoms with Gasteiger partial charge in [0.2, 0.25) is 0 Å². The summed E-state index contributed by atoms with van der Waals surface area (Å²) in [6.45, 7) is 4.10. The number of benzene rings is 1. The van der Waals surface area contributed by atoms with Crippen LogP contribution in [0.1, 0.15) is 37.8 Å². The van der Waals surface area contributed by atoms with Crippen LogP contribution in [0.4, 0.5) is 0 Å². The Balaban J connectivity index is 1.88. The number of terminal acetylenes is 1. The second kappa shape index (κ2) is 4.61. The van der Waals surface area contributed by atoms with E-state index in [2.05, 4.69) is 31.9 Å². The van der Waals surface area contributed by atoms with Crippen LogP contribution in [-0.4, -0.2) is 18.0 Å². The van der Waals surface area contributed by atoms with E-state index >= 15 is 0 Å². The lowest BCUT2D eigenvalue weighted by Crippen LogP contribution is -2.37. The van der Waals surface area contributed by atoms with Gasteiger partial charge in [-0.05, 0) is 50.0 Å². The molecule has 22 heavy (non-hydrogen) atoms. The first-order valence-electron chi connectivity index (χ1n) is 7.83. The molecule has 1 fully saturated rings. The Kier molecular flexibility index (Phi) is 3.01. The lowest BCUT2D eigenvalue weighted by Gasteiger charge is -2.37. The van der Waals surface area contributed by atoms with Gasteiger partial charge in [0.25, 0.3) is 0 Å². The average molecular weight is 315 g/mol. The van der Waals surface area contributed by atoms with Crippen LogP contribution >= 0.6 is 11.6 Å². The molecule has 3 atom stereocenters. The molecule has 0 N–H and O–H groups in total. The van der Waals surface area contributed by atoms with Crippen LogP contribution in [-0.2, 0) is 15.9 Å². The zero-order valence-corrected chi connectivity index (χ0v) is 13.6. The first-order valence-corrected chi connectivity index (χ1v) is 8.21. The van der Waals surface area contributed by atoms with Gasteiger partial charge in [0.1, 0.15) is 0 Å². The number of ether oxygens (including phenoxy) is 2. The lowest BCUT2D eigenvalue weighted by atomic mass is 9.72. The van der Waals surface area contributed by atoms with Crippen molar-refractivity contribution in [2.24, 2.45) is 5.41 Å². The van der Waals surface area contributed by atoms with Gasteiger partial charge in [-0.25, -0.2) is 0 Å². The van der Waals surface area contributed by atoms with Crippen molar-refractivity contribution >= 4 is 17.2 Å². The van der Waals surface area contributed by atoms with Crippen molar-refractivity contribution < 1.29 is 9.47 Å². The number of allylic oxidation sites excluding steroid dienone is 1. The van der Waals surface area contributed by atoms with Crippen LogP contribution in [0, 0.1) is 17.8 Å². The summed E-state index contributed by atoms with van der Waals surface area (Å²) in [4.78, 5) is 0. The summed E-state index contributed by atoms with van der Waals surface area (Å²) < 4.78 is 12.3. The number of fused-ring (bicyclic) bond motifs is 3. The third-order valence-electron chi connectivity index (χ3n) is 5.35. The largest absolute Gasteiger partial charge is 0.341 e. The van der Waals surface area contributed by atoms with Crippen LogP contribution in [0.3, 0.4) is 0 Å². The number of rotatable bonds is 0. The summed E-state index contributed by atoms with van der Waals surface area (Å²) in [5, 5.41) is 0.761. The molecule has 1 saturated heterocycles. The molecule has 0 bridgehead atoms. The van der Waals surface area contributed by atoms with Crippen LogP contribution in [0.2, 0.25) is 5.02 Å².